The van der Waals surface area contributed by atoms with Gasteiger partial charge in [-0.05, 0) is 104 Å². The minimum atomic E-state index is -0.253. The summed E-state index contributed by atoms with van der Waals surface area (Å²) in [7, 11) is 0. The first-order valence-electron chi connectivity index (χ1n) is 12.2. The summed E-state index contributed by atoms with van der Waals surface area (Å²) in [6, 6.07) is 6.32. The maximum Gasteiger partial charge on any atom is 0.159 e. The quantitative estimate of drug-likeness (QED) is 0.455. The first-order valence-corrected chi connectivity index (χ1v) is 12.2. The van der Waals surface area contributed by atoms with Crippen LogP contribution >= 0.6 is 0 Å². The van der Waals surface area contributed by atoms with Crippen molar-refractivity contribution in [1.82, 2.24) is 0 Å². The number of ketones is 1. The number of fused-ring (bicyclic) bond motifs is 5. The molecular weight excluding hydrogens is 387 g/mol. The van der Waals surface area contributed by atoms with E-state index in [1.807, 2.05) is 6.08 Å². The molecule has 0 radical (unpaired) electrons. The van der Waals surface area contributed by atoms with Crippen LogP contribution in [0.3, 0.4) is 0 Å². The van der Waals surface area contributed by atoms with E-state index in [0.29, 0.717) is 17.8 Å². The van der Waals surface area contributed by atoms with E-state index in [4.69, 9.17) is 0 Å². The molecule has 0 spiro atoms. The van der Waals surface area contributed by atoms with E-state index < -0.39 is 0 Å². The molecule has 0 aliphatic heterocycles. The standard InChI is InChI=1S/C28H35FO2/c1-27-15-13-21(30)17-19(27)6-9-22-23-10-11-25(28(23,2)16-14-24(22)27)26(31)12-5-18-3-7-20(29)8-4-18/h3-8,12,21-25,30H,9-11,13-17H2,1-2H3/b12-5+/t21?,22?,23?,24?,25-,27?,28?/m1/s1. The molecule has 0 heterocycles. The largest absolute Gasteiger partial charge is 0.393 e. The fourth-order valence-electron chi connectivity index (χ4n) is 7.98. The number of allylic oxidation sites excluding steroid dienone is 2. The Morgan fingerprint density at radius 2 is 1.84 bits per heavy atom. The molecular formula is C28H35FO2. The number of aliphatic hydroxyl groups excluding tert-OH is 1. The second kappa shape index (κ2) is 7.69. The van der Waals surface area contributed by atoms with Crippen LogP contribution in [0.25, 0.3) is 6.08 Å². The number of halogens is 1. The molecule has 1 aromatic rings. The Morgan fingerprint density at radius 3 is 2.61 bits per heavy atom. The van der Waals surface area contributed by atoms with Gasteiger partial charge < -0.3 is 5.11 Å². The topological polar surface area (TPSA) is 37.3 Å². The monoisotopic (exact) mass is 422 g/mol. The van der Waals surface area contributed by atoms with Gasteiger partial charge in [0, 0.05) is 5.92 Å². The minimum Gasteiger partial charge on any atom is -0.393 e. The second-order valence-electron chi connectivity index (χ2n) is 11.1. The lowest BCUT2D eigenvalue weighted by Crippen LogP contribution is -2.50. The smallest absolute Gasteiger partial charge is 0.159 e. The third kappa shape index (κ3) is 3.44. The van der Waals surface area contributed by atoms with Gasteiger partial charge in [0.05, 0.1) is 6.10 Å². The summed E-state index contributed by atoms with van der Waals surface area (Å²) in [6.07, 6.45) is 14.4. The van der Waals surface area contributed by atoms with Gasteiger partial charge in [-0.15, -0.1) is 0 Å². The maximum atomic E-state index is 13.2. The molecule has 0 aromatic heterocycles. The summed E-state index contributed by atoms with van der Waals surface area (Å²) < 4.78 is 13.1. The molecule has 4 aliphatic carbocycles. The Hall–Kier alpha value is -1.74. The van der Waals surface area contributed by atoms with E-state index in [-0.39, 0.29) is 34.5 Å². The summed E-state index contributed by atoms with van der Waals surface area (Å²) in [5.74, 6) is 2.06. The Morgan fingerprint density at radius 1 is 1.06 bits per heavy atom. The van der Waals surface area contributed by atoms with E-state index in [0.717, 1.165) is 50.5 Å². The Balaban J connectivity index is 1.35. The average molecular weight is 423 g/mol. The number of aliphatic hydroxyl groups is 1. The van der Waals surface area contributed by atoms with Gasteiger partial charge in [-0.3, -0.25) is 4.79 Å². The van der Waals surface area contributed by atoms with Crippen molar-refractivity contribution < 1.29 is 14.3 Å². The van der Waals surface area contributed by atoms with E-state index >= 15 is 0 Å². The van der Waals surface area contributed by atoms with Crippen molar-refractivity contribution in [1.29, 1.82) is 0 Å². The molecule has 4 aliphatic rings. The van der Waals surface area contributed by atoms with Crippen LogP contribution in [0, 0.1) is 40.3 Å². The van der Waals surface area contributed by atoms with Crippen LogP contribution in [0.1, 0.15) is 70.8 Å². The van der Waals surface area contributed by atoms with Gasteiger partial charge in [0.25, 0.3) is 0 Å². The molecule has 0 amide bonds. The fraction of sp³-hybridized carbons (Fsp3) is 0.607. The van der Waals surface area contributed by atoms with Crippen LogP contribution in [0.15, 0.2) is 42.0 Å². The molecule has 5 rings (SSSR count). The number of rotatable bonds is 3. The number of hydrogen-bond donors (Lipinski definition) is 1. The molecule has 166 valence electrons. The number of benzene rings is 1. The highest BCUT2D eigenvalue weighted by atomic mass is 19.1. The fourth-order valence-corrected chi connectivity index (χ4v) is 7.98. The van der Waals surface area contributed by atoms with Gasteiger partial charge >= 0.3 is 0 Å². The molecule has 1 aromatic carbocycles. The molecule has 0 bridgehead atoms. The Bertz CT molecular complexity index is 915. The summed E-state index contributed by atoms with van der Waals surface area (Å²) in [6.45, 7) is 4.83. The van der Waals surface area contributed by atoms with E-state index in [1.54, 1.807) is 18.2 Å². The van der Waals surface area contributed by atoms with Crippen molar-refractivity contribution in [2.75, 3.05) is 0 Å². The third-order valence-electron chi connectivity index (χ3n) is 9.73. The highest BCUT2D eigenvalue weighted by Crippen LogP contribution is 2.66. The van der Waals surface area contributed by atoms with Gasteiger partial charge in [0.2, 0.25) is 0 Å². The lowest BCUT2D eigenvalue weighted by atomic mass is 9.47. The second-order valence-corrected chi connectivity index (χ2v) is 11.1. The molecule has 2 nitrogen and oxygen atoms in total. The highest BCUT2D eigenvalue weighted by molar-refractivity contribution is 5.96. The predicted molar refractivity (Wildman–Crippen MR) is 122 cm³/mol. The average Bonchev–Trinajstić information content (AvgIpc) is 3.11. The van der Waals surface area contributed by atoms with Crippen LogP contribution in [-0.4, -0.2) is 17.0 Å². The molecule has 3 saturated carbocycles. The molecule has 31 heavy (non-hydrogen) atoms. The lowest BCUT2D eigenvalue weighted by molar-refractivity contribution is -0.124. The SMILES string of the molecule is CC12CCC(O)CC1=CCC1C2CCC2(C)C1CC[C@@H]2C(=O)/C=C/c1ccc(F)cc1. The van der Waals surface area contributed by atoms with Crippen molar-refractivity contribution >= 4 is 11.9 Å². The normalized spacial score (nSPS) is 41.9. The van der Waals surface area contributed by atoms with Gasteiger partial charge in [-0.2, -0.15) is 0 Å². The van der Waals surface area contributed by atoms with Crippen molar-refractivity contribution in [2.24, 2.45) is 34.5 Å². The molecule has 7 atom stereocenters. The van der Waals surface area contributed by atoms with Crippen molar-refractivity contribution in [2.45, 2.75) is 71.3 Å². The summed E-state index contributed by atoms with van der Waals surface area (Å²) in [4.78, 5) is 13.2. The maximum absolute atomic E-state index is 13.2. The zero-order chi connectivity index (χ0) is 21.8. The zero-order valence-corrected chi connectivity index (χ0v) is 18.8. The van der Waals surface area contributed by atoms with Crippen LogP contribution < -0.4 is 0 Å². The van der Waals surface area contributed by atoms with Gasteiger partial charge in [-0.25, -0.2) is 4.39 Å². The Kier molecular flexibility index (Phi) is 5.24. The first kappa shape index (κ1) is 21.1. The number of carbonyl (C=O) groups is 1. The van der Waals surface area contributed by atoms with Crippen molar-refractivity contribution in [3.63, 3.8) is 0 Å². The number of hydrogen-bond acceptors (Lipinski definition) is 2. The number of carbonyl (C=O) groups excluding carboxylic acids is 1. The molecule has 3 heteroatoms. The zero-order valence-electron chi connectivity index (χ0n) is 18.8. The van der Waals surface area contributed by atoms with Crippen LogP contribution in [-0.2, 0) is 4.79 Å². The van der Waals surface area contributed by atoms with Gasteiger partial charge in [0.1, 0.15) is 5.82 Å². The van der Waals surface area contributed by atoms with E-state index in [1.165, 1.54) is 24.1 Å². The van der Waals surface area contributed by atoms with Gasteiger partial charge in [-0.1, -0.05) is 43.7 Å². The third-order valence-corrected chi connectivity index (χ3v) is 9.73. The predicted octanol–water partition coefficient (Wildman–Crippen LogP) is 6.35. The van der Waals surface area contributed by atoms with Crippen LogP contribution in [0.5, 0.6) is 0 Å². The van der Waals surface area contributed by atoms with Crippen LogP contribution in [0.2, 0.25) is 0 Å². The highest BCUT2D eigenvalue weighted by Gasteiger charge is 2.59. The molecule has 1 N–H and O–H groups in total. The summed E-state index contributed by atoms with van der Waals surface area (Å²) >= 11 is 0. The van der Waals surface area contributed by atoms with E-state index in [9.17, 15) is 14.3 Å². The summed E-state index contributed by atoms with van der Waals surface area (Å²) in [5.41, 5.74) is 2.70. The molecule has 6 unspecified atom stereocenters. The first-order chi connectivity index (χ1) is 14.8. The van der Waals surface area contributed by atoms with Crippen molar-refractivity contribution in [3.8, 4) is 0 Å². The summed E-state index contributed by atoms with van der Waals surface area (Å²) in [5, 5.41) is 10.2. The lowest BCUT2D eigenvalue weighted by Gasteiger charge is -2.57. The minimum absolute atomic E-state index is 0.0846. The Labute approximate surface area is 185 Å². The molecule has 0 saturated heterocycles. The van der Waals surface area contributed by atoms with Crippen LogP contribution in [0.4, 0.5) is 4.39 Å². The molecule has 3 fully saturated rings. The van der Waals surface area contributed by atoms with E-state index in [2.05, 4.69) is 19.9 Å². The van der Waals surface area contributed by atoms with Crippen molar-refractivity contribution in [3.05, 3.63) is 53.4 Å². The van der Waals surface area contributed by atoms with Gasteiger partial charge in [0.15, 0.2) is 5.78 Å².